The number of nitrogens with zero attached hydrogens (tertiary/aromatic N) is 1. The Bertz CT molecular complexity index is 630. The zero-order valence-corrected chi connectivity index (χ0v) is 9.83. The summed E-state index contributed by atoms with van der Waals surface area (Å²) in [4.78, 5) is 1.52. The van der Waals surface area contributed by atoms with Crippen LogP contribution in [0, 0.1) is 11.3 Å². The third kappa shape index (κ3) is 1.54. The summed E-state index contributed by atoms with van der Waals surface area (Å²) in [5.41, 5.74) is 2.62. The van der Waals surface area contributed by atoms with Gasteiger partial charge in [0.25, 0.3) is 0 Å². The number of hydrogen-bond donors (Lipinski definition) is 0. The number of nitriles is 1. The first-order chi connectivity index (χ1) is 8.31. The molecule has 0 saturated carbocycles. The standard InChI is InChI=1S/C14H9NOS/c15-9-12-6-3-5-11-8-10-4-1-2-7-13(10)17(16)14(11)12/h1-7H,8H2. The molecule has 17 heavy (non-hydrogen) atoms. The van der Waals surface area contributed by atoms with Crippen LogP contribution in [0.4, 0.5) is 0 Å². The lowest BCUT2D eigenvalue weighted by atomic mass is 10.0. The fourth-order valence-corrected chi connectivity index (χ4v) is 3.67. The molecular formula is C14H9NOS. The Balaban J connectivity index is 2.24. The maximum atomic E-state index is 12.4. The highest BCUT2D eigenvalue weighted by atomic mass is 32.2. The van der Waals surface area contributed by atoms with E-state index in [0.29, 0.717) is 10.5 Å². The average Bonchev–Trinajstić information content (AvgIpc) is 2.38. The van der Waals surface area contributed by atoms with E-state index in [-0.39, 0.29) is 0 Å². The lowest BCUT2D eigenvalue weighted by Gasteiger charge is -2.22. The van der Waals surface area contributed by atoms with E-state index in [9.17, 15) is 4.55 Å². The molecule has 0 radical (unpaired) electrons. The van der Waals surface area contributed by atoms with E-state index in [4.69, 9.17) is 5.26 Å². The van der Waals surface area contributed by atoms with Gasteiger partial charge in [-0.15, -0.1) is 0 Å². The summed E-state index contributed by atoms with van der Waals surface area (Å²) in [5.74, 6) is 0. The molecule has 1 atom stereocenters. The first-order valence-corrected chi connectivity index (χ1v) is 6.48. The summed E-state index contributed by atoms with van der Waals surface area (Å²) >= 11 is -1.22. The molecular weight excluding hydrogens is 230 g/mol. The van der Waals surface area contributed by atoms with E-state index in [1.54, 1.807) is 6.07 Å². The van der Waals surface area contributed by atoms with E-state index in [1.165, 1.54) is 0 Å². The molecule has 3 heteroatoms. The van der Waals surface area contributed by atoms with Crippen molar-refractivity contribution in [2.24, 2.45) is 0 Å². The maximum Gasteiger partial charge on any atom is 0.179 e. The third-order valence-electron chi connectivity index (χ3n) is 2.96. The molecule has 0 N–H and O–H groups in total. The number of hydrogen-bond acceptors (Lipinski definition) is 2. The highest BCUT2D eigenvalue weighted by Gasteiger charge is 2.30. The number of rotatable bonds is 0. The molecule has 1 unspecified atom stereocenters. The van der Waals surface area contributed by atoms with Crippen molar-refractivity contribution < 1.29 is 4.55 Å². The van der Waals surface area contributed by atoms with Crippen LogP contribution in [0.5, 0.6) is 0 Å². The van der Waals surface area contributed by atoms with E-state index in [2.05, 4.69) is 6.07 Å². The predicted molar refractivity (Wildman–Crippen MR) is 65.1 cm³/mol. The second-order valence-electron chi connectivity index (χ2n) is 3.96. The summed E-state index contributed by atoms with van der Waals surface area (Å²) in [6.45, 7) is 0. The summed E-state index contributed by atoms with van der Waals surface area (Å²) in [5, 5.41) is 9.07. The molecule has 0 bridgehead atoms. The van der Waals surface area contributed by atoms with Gasteiger partial charge in [-0.25, -0.2) is 0 Å². The van der Waals surface area contributed by atoms with Crippen molar-refractivity contribution in [2.75, 3.05) is 0 Å². The minimum atomic E-state index is -1.22. The first kappa shape index (κ1) is 10.4. The zero-order chi connectivity index (χ0) is 11.8. The van der Waals surface area contributed by atoms with Crippen LogP contribution in [0.15, 0.2) is 52.3 Å². The molecule has 0 saturated heterocycles. The first-order valence-electron chi connectivity index (χ1n) is 5.33. The highest BCUT2D eigenvalue weighted by Crippen LogP contribution is 2.35. The van der Waals surface area contributed by atoms with Crippen molar-refractivity contribution in [3.05, 3.63) is 59.2 Å². The molecule has 0 aromatic heterocycles. The Morgan fingerprint density at radius 2 is 1.82 bits per heavy atom. The monoisotopic (exact) mass is 239 g/mol. The smallest absolute Gasteiger partial charge is 0.179 e. The minimum absolute atomic E-state index is 0.523. The van der Waals surface area contributed by atoms with Crippen molar-refractivity contribution in [3.8, 4) is 6.07 Å². The van der Waals surface area contributed by atoms with E-state index in [0.717, 1.165) is 22.4 Å². The Hall–Kier alpha value is -1.76. The number of fused-ring (bicyclic) bond motifs is 2. The Labute approximate surface area is 103 Å². The molecule has 0 amide bonds. The van der Waals surface area contributed by atoms with Crippen LogP contribution in [0.25, 0.3) is 0 Å². The molecule has 1 aliphatic heterocycles. The summed E-state index contributed by atoms with van der Waals surface area (Å²) in [6.07, 6.45) is 0.757. The van der Waals surface area contributed by atoms with Crippen molar-refractivity contribution in [3.63, 3.8) is 0 Å². The highest BCUT2D eigenvalue weighted by molar-refractivity contribution is 7.91. The zero-order valence-electron chi connectivity index (χ0n) is 9.01. The second-order valence-corrected chi connectivity index (χ2v) is 5.34. The van der Waals surface area contributed by atoms with E-state index in [1.807, 2.05) is 36.4 Å². The van der Waals surface area contributed by atoms with Gasteiger partial charge in [-0.3, -0.25) is 0 Å². The third-order valence-corrected chi connectivity index (χ3v) is 4.61. The fraction of sp³-hybridized carbons (Fsp3) is 0.0714. The minimum Gasteiger partial charge on any atom is -0.606 e. The van der Waals surface area contributed by atoms with Gasteiger partial charge in [-0.05, 0) is 12.1 Å². The molecule has 3 rings (SSSR count). The SMILES string of the molecule is N#Cc1cccc2c1[S+]([O-])c1ccccc1C2. The maximum absolute atomic E-state index is 12.4. The quantitative estimate of drug-likeness (QED) is 0.663. The average molecular weight is 239 g/mol. The van der Waals surface area contributed by atoms with Crippen LogP contribution in [0.3, 0.4) is 0 Å². The molecule has 1 heterocycles. The van der Waals surface area contributed by atoms with Gasteiger partial charge < -0.3 is 4.55 Å². The van der Waals surface area contributed by atoms with Gasteiger partial charge in [0.2, 0.25) is 0 Å². The summed E-state index contributed by atoms with van der Waals surface area (Å²) in [6, 6.07) is 15.4. The lowest BCUT2D eigenvalue weighted by Crippen LogP contribution is -2.16. The van der Waals surface area contributed by atoms with Crippen LogP contribution in [0.2, 0.25) is 0 Å². The van der Waals surface area contributed by atoms with Gasteiger partial charge >= 0.3 is 0 Å². The van der Waals surface area contributed by atoms with Crippen molar-refractivity contribution in [1.82, 2.24) is 0 Å². The van der Waals surface area contributed by atoms with Crippen LogP contribution in [-0.2, 0) is 17.6 Å². The van der Waals surface area contributed by atoms with Crippen molar-refractivity contribution in [2.45, 2.75) is 16.2 Å². The molecule has 2 aromatic rings. The van der Waals surface area contributed by atoms with Crippen LogP contribution < -0.4 is 0 Å². The number of benzene rings is 2. The summed E-state index contributed by atoms with van der Waals surface area (Å²) in [7, 11) is 0. The molecule has 0 fully saturated rings. The molecule has 2 nitrogen and oxygen atoms in total. The largest absolute Gasteiger partial charge is 0.606 e. The van der Waals surface area contributed by atoms with E-state index < -0.39 is 11.2 Å². The van der Waals surface area contributed by atoms with Gasteiger partial charge in [-0.1, -0.05) is 30.3 Å². The molecule has 82 valence electrons. The van der Waals surface area contributed by atoms with Crippen LogP contribution in [-0.4, -0.2) is 4.55 Å². The van der Waals surface area contributed by atoms with Gasteiger partial charge in [0, 0.05) is 28.7 Å². The van der Waals surface area contributed by atoms with Gasteiger partial charge in [0.1, 0.15) is 11.6 Å². The van der Waals surface area contributed by atoms with Gasteiger partial charge in [0.15, 0.2) is 9.79 Å². The molecule has 2 aromatic carbocycles. The second kappa shape index (κ2) is 3.92. The Kier molecular flexibility index (Phi) is 2.40. The predicted octanol–water partition coefficient (Wildman–Crippen LogP) is 2.63. The molecule has 1 aliphatic rings. The fourth-order valence-electron chi connectivity index (χ4n) is 2.18. The van der Waals surface area contributed by atoms with Gasteiger partial charge in [-0.2, -0.15) is 5.26 Å². The van der Waals surface area contributed by atoms with Crippen molar-refractivity contribution in [1.29, 1.82) is 5.26 Å². The van der Waals surface area contributed by atoms with Crippen LogP contribution >= 0.6 is 0 Å². The Morgan fingerprint density at radius 1 is 1.06 bits per heavy atom. The van der Waals surface area contributed by atoms with Crippen molar-refractivity contribution >= 4 is 11.2 Å². The lowest BCUT2D eigenvalue weighted by molar-refractivity contribution is 0.590. The van der Waals surface area contributed by atoms with E-state index >= 15 is 0 Å². The van der Waals surface area contributed by atoms with Gasteiger partial charge in [0.05, 0.1) is 0 Å². The topological polar surface area (TPSA) is 46.8 Å². The summed E-state index contributed by atoms with van der Waals surface area (Å²) < 4.78 is 12.4. The molecule has 0 aliphatic carbocycles. The van der Waals surface area contributed by atoms with Crippen LogP contribution in [0.1, 0.15) is 16.7 Å². The molecule has 0 spiro atoms. The Morgan fingerprint density at radius 3 is 2.65 bits per heavy atom. The normalized spacial score (nSPS) is 16.8.